The number of nitrogens with one attached hydrogen (secondary N) is 1. The van der Waals surface area contributed by atoms with Gasteiger partial charge in [-0.1, -0.05) is 36.8 Å². The number of aromatic amines is 1. The Morgan fingerprint density at radius 1 is 1.22 bits per heavy atom. The fourth-order valence-corrected chi connectivity index (χ4v) is 2.44. The first kappa shape index (κ1) is 11.1. The van der Waals surface area contributed by atoms with Gasteiger partial charge in [0.2, 0.25) is 0 Å². The molecule has 0 radical (unpaired) electrons. The molecule has 1 aromatic heterocycles. The highest BCUT2D eigenvalue weighted by atomic mass is 16.4. The minimum absolute atomic E-state index is 0.397. The molecule has 2 N–H and O–H groups in total. The fourth-order valence-electron chi connectivity index (χ4n) is 2.44. The molecule has 0 atom stereocenters. The number of hydrogen-bond acceptors (Lipinski definition) is 1. The Morgan fingerprint density at radius 2 is 1.94 bits per heavy atom. The summed E-state index contributed by atoms with van der Waals surface area (Å²) in [6.45, 7) is 0. The first-order valence-electron chi connectivity index (χ1n) is 6.27. The van der Waals surface area contributed by atoms with Gasteiger partial charge in [-0.2, -0.15) is 0 Å². The van der Waals surface area contributed by atoms with Crippen LogP contribution >= 0.6 is 0 Å². The summed E-state index contributed by atoms with van der Waals surface area (Å²) in [5.41, 5.74) is 3.26. The molecular weight excluding hydrogens is 226 g/mol. The van der Waals surface area contributed by atoms with Crippen molar-refractivity contribution < 1.29 is 9.90 Å². The third-order valence-corrected chi connectivity index (χ3v) is 3.68. The molecule has 1 fully saturated rings. The number of carboxylic acids is 1. The van der Waals surface area contributed by atoms with E-state index in [2.05, 4.69) is 4.98 Å². The number of benzene rings is 1. The van der Waals surface area contributed by atoms with Gasteiger partial charge < -0.3 is 10.1 Å². The van der Waals surface area contributed by atoms with Crippen molar-refractivity contribution in [2.24, 2.45) is 0 Å². The zero-order valence-corrected chi connectivity index (χ0v) is 10.0. The first-order valence-corrected chi connectivity index (χ1v) is 6.27. The van der Waals surface area contributed by atoms with Gasteiger partial charge >= 0.3 is 5.97 Å². The van der Waals surface area contributed by atoms with Gasteiger partial charge in [0, 0.05) is 11.4 Å². The summed E-state index contributed by atoms with van der Waals surface area (Å²) in [6.07, 6.45) is 3.38. The monoisotopic (exact) mass is 241 g/mol. The second-order valence-corrected chi connectivity index (χ2v) is 4.81. The average molecular weight is 241 g/mol. The van der Waals surface area contributed by atoms with Crippen LogP contribution in [-0.2, 0) is 0 Å². The van der Waals surface area contributed by atoms with Crippen LogP contribution < -0.4 is 0 Å². The maximum Gasteiger partial charge on any atom is 0.337 e. The van der Waals surface area contributed by atoms with Gasteiger partial charge in [-0.15, -0.1) is 0 Å². The zero-order valence-electron chi connectivity index (χ0n) is 10.0. The van der Waals surface area contributed by atoms with Crippen molar-refractivity contribution >= 4 is 5.97 Å². The third kappa shape index (κ3) is 1.82. The van der Waals surface area contributed by atoms with Gasteiger partial charge in [-0.25, -0.2) is 4.79 Å². The highest BCUT2D eigenvalue weighted by molar-refractivity contribution is 5.91. The lowest BCUT2D eigenvalue weighted by Gasteiger charge is -2.25. The van der Waals surface area contributed by atoms with E-state index in [1.165, 1.54) is 6.42 Å². The molecule has 1 aromatic carbocycles. The van der Waals surface area contributed by atoms with Crippen molar-refractivity contribution in [3.63, 3.8) is 0 Å². The van der Waals surface area contributed by atoms with E-state index in [1.807, 2.05) is 30.3 Å². The van der Waals surface area contributed by atoms with Crippen LogP contribution in [0, 0.1) is 0 Å². The van der Waals surface area contributed by atoms with Gasteiger partial charge in [0.05, 0.1) is 5.56 Å². The molecule has 3 heteroatoms. The normalized spacial score (nSPS) is 15.3. The highest BCUT2D eigenvalue weighted by Gasteiger charge is 2.26. The molecule has 0 bridgehead atoms. The molecule has 2 aromatic rings. The molecule has 0 spiro atoms. The molecule has 18 heavy (non-hydrogen) atoms. The van der Waals surface area contributed by atoms with Crippen molar-refractivity contribution in [3.05, 3.63) is 47.7 Å². The van der Waals surface area contributed by atoms with Crippen LogP contribution in [0.4, 0.5) is 0 Å². The maximum absolute atomic E-state index is 11.3. The molecule has 0 saturated heterocycles. The summed E-state index contributed by atoms with van der Waals surface area (Å²) in [5.74, 6) is -0.441. The SMILES string of the molecule is O=C(O)c1cc(-c2ccccc2)[nH]c1C1CCC1. The van der Waals surface area contributed by atoms with E-state index < -0.39 is 5.97 Å². The molecule has 1 saturated carbocycles. The molecule has 0 amide bonds. The number of carbonyl (C=O) groups is 1. The highest BCUT2D eigenvalue weighted by Crippen LogP contribution is 2.39. The van der Waals surface area contributed by atoms with Crippen LogP contribution in [0.2, 0.25) is 0 Å². The van der Waals surface area contributed by atoms with Gasteiger partial charge in [-0.05, 0) is 30.4 Å². The topological polar surface area (TPSA) is 53.1 Å². The fraction of sp³-hybridized carbons (Fsp3) is 0.267. The summed E-state index contributed by atoms with van der Waals surface area (Å²) in [7, 11) is 0. The molecule has 92 valence electrons. The van der Waals surface area contributed by atoms with E-state index in [9.17, 15) is 9.90 Å². The van der Waals surface area contributed by atoms with E-state index in [0.717, 1.165) is 29.8 Å². The molecule has 1 heterocycles. The summed E-state index contributed by atoms with van der Waals surface area (Å²) in [4.78, 5) is 14.6. The van der Waals surface area contributed by atoms with Crippen LogP contribution in [0.25, 0.3) is 11.3 Å². The molecule has 3 rings (SSSR count). The van der Waals surface area contributed by atoms with Crippen molar-refractivity contribution in [2.75, 3.05) is 0 Å². The molecule has 3 nitrogen and oxygen atoms in total. The Labute approximate surface area is 105 Å². The maximum atomic E-state index is 11.3. The molecule has 1 aliphatic rings. The van der Waals surface area contributed by atoms with Crippen LogP contribution in [0.1, 0.15) is 41.2 Å². The molecule has 1 aliphatic carbocycles. The number of aromatic nitrogens is 1. The Bertz CT molecular complexity index is 567. The Morgan fingerprint density at radius 3 is 2.50 bits per heavy atom. The smallest absolute Gasteiger partial charge is 0.337 e. The molecule has 0 aliphatic heterocycles. The van der Waals surface area contributed by atoms with E-state index in [-0.39, 0.29) is 0 Å². The van der Waals surface area contributed by atoms with E-state index in [4.69, 9.17) is 0 Å². The summed E-state index contributed by atoms with van der Waals surface area (Å²) in [6, 6.07) is 11.6. The van der Waals surface area contributed by atoms with Crippen LogP contribution in [-0.4, -0.2) is 16.1 Å². The van der Waals surface area contributed by atoms with E-state index in [1.54, 1.807) is 6.07 Å². The van der Waals surface area contributed by atoms with Gasteiger partial charge in [0.25, 0.3) is 0 Å². The predicted molar refractivity (Wildman–Crippen MR) is 69.8 cm³/mol. The van der Waals surface area contributed by atoms with Gasteiger partial charge in [-0.3, -0.25) is 0 Å². The predicted octanol–water partition coefficient (Wildman–Crippen LogP) is 3.65. The van der Waals surface area contributed by atoms with Crippen molar-refractivity contribution in [2.45, 2.75) is 25.2 Å². The van der Waals surface area contributed by atoms with Gasteiger partial charge in [0.1, 0.15) is 0 Å². The molecular formula is C15H15NO2. The lowest BCUT2D eigenvalue weighted by atomic mass is 9.82. The van der Waals surface area contributed by atoms with Crippen LogP contribution in [0.15, 0.2) is 36.4 Å². The second kappa shape index (κ2) is 4.33. The lowest BCUT2D eigenvalue weighted by molar-refractivity contribution is 0.0694. The number of hydrogen-bond donors (Lipinski definition) is 2. The van der Waals surface area contributed by atoms with Crippen molar-refractivity contribution in [1.82, 2.24) is 4.98 Å². The average Bonchev–Trinajstić information content (AvgIpc) is 2.73. The number of H-pyrrole nitrogens is 1. The summed E-state index contributed by atoms with van der Waals surface area (Å²) < 4.78 is 0. The van der Waals surface area contributed by atoms with Gasteiger partial charge in [0.15, 0.2) is 0 Å². The number of carboxylic acid groups (broad SMARTS) is 1. The van der Waals surface area contributed by atoms with E-state index in [0.29, 0.717) is 11.5 Å². The van der Waals surface area contributed by atoms with Crippen LogP contribution in [0.5, 0.6) is 0 Å². The Balaban J connectivity index is 2.04. The summed E-state index contributed by atoms with van der Waals surface area (Å²) in [5, 5.41) is 9.27. The zero-order chi connectivity index (χ0) is 12.5. The minimum Gasteiger partial charge on any atom is -0.478 e. The van der Waals surface area contributed by atoms with Crippen molar-refractivity contribution in [3.8, 4) is 11.3 Å². The minimum atomic E-state index is -0.838. The van der Waals surface area contributed by atoms with E-state index >= 15 is 0 Å². The lowest BCUT2D eigenvalue weighted by Crippen LogP contribution is -2.13. The number of aromatic carboxylic acids is 1. The largest absolute Gasteiger partial charge is 0.478 e. The third-order valence-electron chi connectivity index (χ3n) is 3.68. The molecule has 0 unspecified atom stereocenters. The Kier molecular flexibility index (Phi) is 2.67. The Hall–Kier alpha value is -2.03. The second-order valence-electron chi connectivity index (χ2n) is 4.81. The quantitative estimate of drug-likeness (QED) is 0.861. The number of rotatable bonds is 3. The van der Waals surface area contributed by atoms with Crippen molar-refractivity contribution in [1.29, 1.82) is 0 Å². The standard InChI is InChI=1S/C15H15NO2/c17-15(18)12-9-13(10-5-2-1-3-6-10)16-14(12)11-7-4-8-11/h1-3,5-6,9,11,16H,4,7-8H2,(H,17,18). The van der Waals surface area contributed by atoms with Crippen LogP contribution in [0.3, 0.4) is 0 Å². The summed E-state index contributed by atoms with van der Waals surface area (Å²) >= 11 is 0. The first-order chi connectivity index (χ1) is 8.75.